The lowest BCUT2D eigenvalue weighted by Gasteiger charge is -2.24. The number of hydrogen-bond donors (Lipinski definition) is 2. The first kappa shape index (κ1) is 12.4. The number of aliphatic hydroxyl groups excluding tert-OH is 2. The van der Waals surface area contributed by atoms with Crippen LogP contribution in [-0.2, 0) is 13.9 Å². The quantitative estimate of drug-likeness (QED) is 0.464. The minimum absolute atomic E-state index is 0.0522. The van der Waals surface area contributed by atoms with Crippen LogP contribution >= 0.6 is 8.69 Å². The summed E-state index contributed by atoms with van der Waals surface area (Å²) >= 11 is 0. The van der Waals surface area contributed by atoms with Gasteiger partial charge in [-0.15, -0.1) is 0 Å². The van der Waals surface area contributed by atoms with Crippen LogP contribution in [0.2, 0.25) is 0 Å². The van der Waals surface area contributed by atoms with E-state index in [-0.39, 0.29) is 25.5 Å². The molecule has 0 rings (SSSR count). The second-order valence-corrected chi connectivity index (χ2v) is 2.53. The first-order chi connectivity index (χ1) is 6.17. The van der Waals surface area contributed by atoms with Crippen molar-refractivity contribution in [3.05, 3.63) is 0 Å². The van der Waals surface area contributed by atoms with Gasteiger partial charge in [-0.25, -0.2) is 9.09 Å². The summed E-state index contributed by atoms with van der Waals surface area (Å²) in [4.78, 5) is 12.0. The molecule has 0 bridgehead atoms. The molecule has 0 saturated carbocycles. The van der Waals surface area contributed by atoms with E-state index in [0.29, 0.717) is 0 Å². The van der Waals surface area contributed by atoms with Gasteiger partial charge in [0, 0.05) is 13.0 Å². The van der Waals surface area contributed by atoms with Crippen molar-refractivity contribution in [1.82, 2.24) is 4.90 Å². The van der Waals surface area contributed by atoms with Crippen molar-refractivity contribution < 1.29 is 24.1 Å². The van der Waals surface area contributed by atoms with Crippen LogP contribution < -0.4 is 0 Å². The van der Waals surface area contributed by atoms with Crippen molar-refractivity contribution in [3.63, 3.8) is 0 Å². The highest BCUT2D eigenvalue weighted by Gasteiger charge is 2.20. The summed E-state index contributed by atoms with van der Waals surface area (Å²) in [6, 6.07) is 0. The Morgan fingerprint density at radius 2 is 2.31 bits per heavy atom. The zero-order chi connectivity index (χ0) is 10.3. The number of carbonyl (C=O) groups excluding carboxylic acids is 1. The van der Waals surface area contributed by atoms with E-state index in [9.17, 15) is 9.36 Å². The van der Waals surface area contributed by atoms with Gasteiger partial charge in [0.1, 0.15) is 0 Å². The Morgan fingerprint density at radius 1 is 1.69 bits per heavy atom. The Balaban J connectivity index is 4.21. The lowest BCUT2D eigenvalue weighted by Crippen LogP contribution is -2.42. The highest BCUT2D eigenvalue weighted by Crippen LogP contribution is 2.07. The number of hydrogen-bond acceptors (Lipinski definition) is 5. The predicted octanol–water partition coefficient (Wildman–Crippen LogP) is -0.283. The van der Waals surface area contributed by atoms with Gasteiger partial charge >= 0.3 is 8.69 Å². The maximum absolute atomic E-state index is 11.1. The van der Waals surface area contributed by atoms with Crippen molar-refractivity contribution in [1.29, 1.82) is 0 Å². The molecule has 0 aromatic rings. The van der Waals surface area contributed by atoms with E-state index < -0.39 is 15.1 Å². The van der Waals surface area contributed by atoms with Crippen LogP contribution in [0, 0.1) is 0 Å². The topological polar surface area (TPSA) is 87.1 Å². The highest BCUT2D eigenvalue weighted by atomic mass is 31.1. The Morgan fingerprint density at radius 3 is 2.69 bits per heavy atom. The van der Waals surface area contributed by atoms with E-state index >= 15 is 0 Å². The molecule has 0 aliphatic heterocycles. The Kier molecular flexibility index (Phi) is 6.62. The fourth-order valence-corrected chi connectivity index (χ4v) is 0.955. The zero-order valence-corrected chi connectivity index (χ0v) is 8.11. The van der Waals surface area contributed by atoms with Gasteiger partial charge in [-0.1, -0.05) is 6.92 Å². The van der Waals surface area contributed by atoms with Gasteiger partial charge in [-0.05, 0) is 0 Å². The van der Waals surface area contributed by atoms with Crippen LogP contribution in [0.4, 0.5) is 0 Å². The molecule has 0 aliphatic carbocycles. The molecule has 0 fully saturated rings. The molecule has 2 N–H and O–H groups in total. The molecule has 0 heterocycles. The van der Waals surface area contributed by atoms with Gasteiger partial charge in [0.05, 0.1) is 6.61 Å². The van der Waals surface area contributed by atoms with Crippen LogP contribution in [0.5, 0.6) is 0 Å². The van der Waals surface area contributed by atoms with Gasteiger partial charge in [0.15, 0.2) is 0 Å². The maximum atomic E-state index is 11.1. The van der Waals surface area contributed by atoms with Crippen LogP contribution in [0.25, 0.3) is 0 Å². The molecule has 0 radical (unpaired) electrons. The predicted molar refractivity (Wildman–Crippen MR) is 43.8 cm³/mol. The minimum atomic E-state index is -1.57. The van der Waals surface area contributed by atoms with E-state index in [1.165, 1.54) is 0 Å². The van der Waals surface area contributed by atoms with Crippen molar-refractivity contribution >= 4 is 14.6 Å². The largest absolute Gasteiger partial charge is 0.395 e. The summed E-state index contributed by atoms with van der Waals surface area (Å²) in [5.41, 5.74) is 0. The average Bonchev–Trinajstić information content (AvgIpc) is 2.13. The third-order valence-electron chi connectivity index (χ3n) is 1.37. The summed E-state index contributed by atoms with van der Waals surface area (Å²) in [7, 11) is -0.715. The summed E-state index contributed by atoms with van der Waals surface area (Å²) in [5, 5.41) is 17.7. The molecule has 0 aromatic carbocycles. The second-order valence-electron chi connectivity index (χ2n) is 2.17. The van der Waals surface area contributed by atoms with Crippen molar-refractivity contribution in [2.75, 3.05) is 13.2 Å². The maximum Gasteiger partial charge on any atom is 0.331 e. The van der Waals surface area contributed by atoms with Crippen molar-refractivity contribution in [3.8, 4) is 0 Å². The van der Waals surface area contributed by atoms with E-state index in [1.54, 1.807) is 6.92 Å². The molecule has 0 aromatic heterocycles. The first-order valence-corrected chi connectivity index (χ1v) is 4.47. The van der Waals surface area contributed by atoms with E-state index in [2.05, 4.69) is 4.52 Å². The molecule has 1 unspecified atom stereocenters. The van der Waals surface area contributed by atoms with Gasteiger partial charge < -0.3 is 10.2 Å². The molecular formula is C6H12NO5P. The average molecular weight is 209 g/mol. The molecule has 6 nitrogen and oxygen atoms in total. The smallest absolute Gasteiger partial charge is 0.331 e. The van der Waals surface area contributed by atoms with Crippen molar-refractivity contribution in [2.45, 2.75) is 19.8 Å². The Labute approximate surface area is 77.4 Å². The zero-order valence-electron chi connectivity index (χ0n) is 7.21. The fraction of sp³-hybridized carbons (Fsp3) is 0.833. The summed E-state index contributed by atoms with van der Waals surface area (Å²) in [6.07, 6.45) is -1.39. The summed E-state index contributed by atoms with van der Waals surface area (Å²) in [5.74, 6) is -0.384. The molecule has 13 heavy (non-hydrogen) atoms. The van der Waals surface area contributed by atoms with E-state index in [1.807, 2.05) is 0 Å². The molecule has 0 aliphatic rings. The van der Waals surface area contributed by atoms with Crippen LogP contribution in [-0.4, -0.2) is 40.6 Å². The van der Waals surface area contributed by atoms with Gasteiger partial charge in [-0.3, -0.25) is 9.69 Å². The molecular weight excluding hydrogens is 197 g/mol. The summed E-state index contributed by atoms with van der Waals surface area (Å²) in [6.45, 7) is 1.26. The Hall–Kier alpha value is -0.550. The van der Waals surface area contributed by atoms with Crippen LogP contribution in [0.15, 0.2) is 0 Å². The third kappa shape index (κ3) is 4.28. The third-order valence-corrected chi connectivity index (χ3v) is 1.64. The molecule has 1 atom stereocenters. The number of carbonyl (C=O) groups is 1. The Bertz CT molecular complexity index is 176. The van der Waals surface area contributed by atoms with E-state index in [4.69, 9.17) is 10.2 Å². The molecule has 0 spiro atoms. The summed E-state index contributed by atoms with van der Waals surface area (Å²) < 4.78 is 14.2. The molecule has 76 valence electrons. The monoisotopic (exact) mass is 209 g/mol. The first-order valence-electron chi connectivity index (χ1n) is 3.74. The lowest BCUT2D eigenvalue weighted by molar-refractivity contribution is -0.166. The van der Waals surface area contributed by atoms with Gasteiger partial charge in [-0.2, -0.15) is 0 Å². The van der Waals surface area contributed by atoms with Crippen LogP contribution in [0.1, 0.15) is 13.3 Å². The highest BCUT2D eigenvalue weighted by molar-refractivity contribution is 7.17. The van der Waals surface area contributed by atoms with Gasteiger partial charge in [0.2, 0.25) is 5.91 Å². The van der Waals surface area contributed by atoms with Crippen molar-refractivity contribution in [2.24, 2.45) is 0 Å². The minimum Gasteiger partial charge on any atom is -0.395 e. The SMILES string of the molecule is CCC(=O)N(CCO)C(O)OP=O. The standard InChI is InChI=1S/C6H12NO5P/c1-2-5(9)7(3-4-8)6(10)12-13-11/h6,8,10H,2-4H2,1H3. The van der Waals surface area contributed by atoms with Crippen LogP contribution in [0.3, 0.4) is 0 Å². The number of rotatable bonds is 6. The second kappa shape index (κ2) is 6.91. The molecule has 7 heteroatoms. The van der Waals surface area contributed by atoms with E-state index in [0.717, 1.165) is 4.90 Å². The molecule has 1 amide bonds. The van der Waals surface area contributed by atoms with Gasteiger partial charge in [0.25, 0.3) is 6.41 Å². The fourth-order valence-electron chi connectivity index (χ4n) is 0.765. The number of nitrogens with zero attached hydrogens (tertiary/aromatic N) is 1. The molecule has 0 saturated heterocycles. The lowest BCUT2D eigenvalue weighted by atomic mass is 10.4. The normalized spacial score (nSPS) is 12.8. The number of amides is 1. The number of aliphatic hydroxyl groups is 2.